The number of hydrogen-bond donors (Lipinski definition) is 0. The van der Waals surface area contributed by atoms with Crippen molar-refractivity contribution in [1.82, 2.24) is 5.06 Å². The minimum absolute atomic E-state index is 0.0796. The molecule has 0 bridgehead atoms. The molecule has 0 amide bonds. The van der Waals surface area contributed by atoms with E-state index in [-0.39, 0.29) is 5.54 Å². The molecule has 0 saturated heterocycles. The Hall–Kier alpha value is -0.0800. The van der Waals surface area contributed by atoms with Gasteiger partial charge in [0.05, 0.1) is 0 Å². The molecule has 1 unspecified atom stereocenters. The fraction of sp³-hybridized carbons (Fsp3) is 1.00. The lowest BCUT2D eigenvalue weighted by Crippen LogP contribution is -2.42. The van der Waals surface area contributed by atoms with Crippen molar-refractivity contribution in [3.05, 3.63) is 5.21 Å². The fourth-order valence-electron chi connectivity index (χ4n) is 2.40. The maximum Gasteiger partial charge on any atom is 0.00857 e. The summed E-state index contributed by atoms with van der Waals surface area (Å²) in [6.45, 7) is 6.58. The molecule has 0 rings (SSSR count). The number of unbranched alkanes of at least 4 members (excludes halogenated alkanes) is 4. The van der Waals surface area contributed by atoms with Crippen molar-refractivity contribution in [2.45, 2.75) is 84.1 Å². The zero-order chi connectivity index (χ0) is 12.4. The van der Waals surface area contributed by atoms with Gasteiger partial charge in [0.15, 0.2) is 0 Å². The highest BCUT2D eigenvalue weighted by Crippen LogP contribution is 2.30. The quantitative estimate of drug-likeness (QED) is 0.399. The average molecular weight is 228 g/mol. The van der Waals surface area contributed by atoms with Crippen LogP contribution in [0.2, 0.25) is 0 Å². The van der Waals surface area contributed by atoms with Gasteiger partial charge in [0, 0.05) is 5.54 Å². The number of rotatable bonds is 10. The molecule has 16 heavy (non-hydrogen) atoms. The van der Waals surface area contributed by atoms with Gasteiger partial charge < -0.3 is 10.3 Å². The summed E-state index contributed by atoms with van der Waals surface area (Å²) in [5.74, 6) is 0. The summed E-state index contributed by atoms with van der Waals surface area (Å²) >= 11 is 0. The zero-order valence-corrected chi connectivity index (χ0v) is 11.7. The van der Waals surface area contributed by atoms with E-state index in [4.69, 9.17) is 0 Å². The van der Waals surface area contributed by atoms with Crippen LogP contribution < -0.4 is 0 Å². The second kappa shape index (κ2) is 9.00. The van der Waals surface area contributed by atoms with E-state index in [1.165, 1.54) is 43.6 Å². The predicted molar refractivity (Wildman–Crippen MR) is 72.4 cm³/mol. The van der Waals surface area contributed by atoms with E-state index in [1.54, 1.807) is 7.05 Å². The van der Waals surface area contributed by atoms with Gasteiger partial charge in [-0.1, -0.05) is 59.3 Å². The summed E-state index contributed by atoms with van der Waals surface area (Å²) in [4.78, 5) is 0. The van der Waals surface area contributed by atoms with Gasteiger partial charge in [-0.15, -0.1) is 0 Å². The molecule has 0 N–H and O–H groups in total. The first-order chi connectivity index (χ1) is 7.63. The molecule has 0 aromatic heterocycles. The van der Waals surface area contributed by atoms with Gasteiger partial charge in [-0.05, 0) is 26.3 Å². The molecular weight excluding hydrogens is 198 g/mol. The molecule has 0 spiro atoms. The molecule has 0 aliphatic carbocycles. The number of hydroxylamine groups is 2. The summed E-state index contributed by atoms with van der Waals surface area (Å²) in [7, 11) is 1.71. The van der Waals surface area contributed by atoms with Gasteiger partial charge in [-0.3, -0.25) is 0 Å². The van der Waals surface area contributed by atoms with Crippen LogP contribution in [0.3, 0.4) is 0 Å². The van der Waals surface area contributed by atoms with Crippen LogP contribution in [0.15, 0.2) is 0 Å². The minimum Gasteiger partial charge on any atom is -0.785 e. The lowest BCUT2D eigenvalue weighted by atomic mass is 9.84. The summed E-state index contributed by atoms with van der Waals surface area (Å²) in [5.41, 5.74) is -0.0796. The lowest BCUT2D eigenvalue weighted by molar-refractivity contribution is 0.136. The summed E-state index contributed by atoms with van der Waals surface area (Å²) in [6, 6.07) is 0. The maximum atomic E-state index is 11.8. The van der Waals surface area contributed by atoms with Crippen molar-refractivity contribution in [3.8, 4) is 0 Å². The van der Waals surface area contributed by atoms with E-state index < -0.39 is 0 Å². The molecule has 0 aromatic rings. The topological polar surface area (TPSA) is 26.3 Å². The maximum absolute atomic E-state index is 11.8. The van der Waals surface area contributed by atoms with Crippen LogP contribution in [0.5, 0.6) is 0 Å². The standard InChI is InChI=1S/C14H30NO/c1-5-8-10-11-13-14(7-3,15(4)16)12-9-6-2/h5-13H2,1-4H3/q-1. The van der Waals surface area contributed by atoms with Crippen LogP contribution in [0.25, 0.3) is 0 Å². The van der Waals surface area contributed by atoms with Crippen molar-refractivity contribution in [2.75, 3.05) is 7.05 Å². The monoisotopic (exact) mass is 228 g/mol. The molecular formula is C14H30NO-. The van der Waals surface area contributed by atoms with Crippen molar-refractivity contribution in [1.29, 1.82) is 0 Å². The Bertz CT molecular complexity index is 159. The molecule has 0 aromatic carbocycles. The molecule has 0 radical (unpaired) electrons. The average Bonchev–Trinajstić information content (AvgIpc) is 2.28. The predicted octanol–water partition coefficient (Wildman–Crippen LogP) is 4.73. The Morgan fingerprint density at radius 1 is 0.875 bits per heavy atom. The summed E-state index contributed by atoms with van der Waals surface area (Å²) in [6.07, 6.45) is 10.5. The molecule has 0 saturated carbocycles. The summed E-state index contributed by atoms with van der Waals surface area (Å²) < 4.78 is 0. The highest BCUT2D eigenvalue weighted by molar-refractivity contribution is 4.88. The van der Waals surface area contributed by atoms with Crippen LogP contribution in [-0.2, 0) is 0 Å². The van der Waals surface area contributed by atoms with E-state index in [1.807, 2.05) is 0 Å². The second-order valence-corrected chi connectivity index (χ2v) is 4.99. The highest BCUT2D eigenvalue weighted by atomic mass is 16.5. The second-order valence-electron chi connectivity index (χ2n) is 4.99. The zero-order valence-electron chi connectivity index (χ0n) is 11.7. The normalized spacial score (nSPS) is 15.4. The molecule has 1 atom stereocenters. The van der Waals surface area contributed by atoms with Crippen LogP contribution in [0.1, 0.15) is 78.6 Å². The first kappa shape index (κ1) is 15.9. The Morgan fingerprint density at radius 2 is 1.44 bits per heavy atom. The van der Waals surface area contributed by atoms with Crippen molar-refractivity contribution in [3.63, 3.8) is 0 Å². The van der Waals surface area contributed by atoms with Gasteiger partial charge in [0.2, 0.25) is 0 Å². The molecule has 2 heteroatoms. The molecule has 0 fully saturated rings. The first-order valence-electron chi connectivity index (χ1n) is 7.04. The Morgan fingerprint density at radius 3 is 1.88 bits per heavy atom. The van der Waals surface area contributed by atoms with Crippen molar-refractivity contribution < 1.29 is 0 Å². The van der Waals surface area contributed by atoms with Gasteiger partial charge in [0.25, 0.3) is 0 Å². The molecule has 0 aliphatic heterocycles. The minimum atomic E-state index is -0.0796. The smallest absolute Gasteiger partial charge is 0.00857 e. The summed E-state index contributed by atoms with van der Waals surface area (Å²) in [5, 5.41) is 13.0. The highest BCUT2D eigenvalue weighted by Gasteiger charge is 2.26. The largest absolute Gasteiger partial charge is 0.785 e. The van der Waals surface area contributed by atoms with Gasteiger partial charge in [-0.25, -0.2) is 0 Å². The van der Waals surface area contributed by atoms with Gasteiger partial charge in [-0.2, -0.15) is 0 Å². The third-order valence-electron chi connectivity index (χ3n) is 3.82. The fourth-order valence-corrected chi connectivity index (χ4v) is 2.40. The Kier molecular flexibility index (Phi) is 8.96. The van der Waals surface area contributed by atoms with E-state index in [0.29, 0.717) is 0 Å². The molecule has 98 valence electrons. The van der Waals surface area contributed by atoms with E-state index in [9.17, 15) is 5.21 Å². The van der Waals surface area contributed by atoms with Gasteiger partial charge in [0.1, 0.15) is 0 Å². The first-order valence-corrected chi connectivity index (χ1v) is 7.04. The Labute approximate surface area is 102 Å². The van der Waals surface area contributed by atoms with Crippen LogP contribution in [-0.4, -0.2) is 17.6 Å². The molecule has 2 nitrogen and oxygen atoms in total. The van der Waals surface area contributed by atoms with Crippen molar-refractivity contribution in [2.24, 2.45) is 0 Å². The van der Waals surface area contributed by atoms with Crippen LogP contribution in [0.4, 0.5) is 0 Å². The SMILES string of the molecule is CCCCCCC(CC)(CCCC)N(C)[O-]. The van der Waals surface area contributed by atoms with Crippen LogP contribution in [0, 0.1) is 5.21 Å². The lowest BCUT2D eigenvalue weighted by Gasteiger charge is -2.46. The van der Waals surface area contributed by atoms with E-state index in [2.05, 4.69) is 20.8 Å². The third-order valence-corrected chi connectivity index (χ3v) is 3.82. The number of hydrogen-bond acceptors (Lipinski definition) is 2. The van der Waals surface area contributed by atoms with Crippen LogP contribution >= 0.6 is 0 Å². The van der Waals surface area contributed by atoms with E-state index >= 15 is 0 Å². The molecule has 0 heterocycles. The molecule has 0 aliphatic rings. The number of nitrogens with zero attached hydrogens (tertiary/aromatic N) is 1. The third kappa shape index (κ3) is 5.31. The van der Waals surface area contributed by atoms with Crippen molar-refractivity contribution >= 4 is 0 Å². The van der Waals surface area contributed by atoms with Gasteiger partial charge >= 0.3 is 0 Å². The van der Waals surface area contributed by atoms with E-state index in [0.717, 1.165) is 19.3 Å². The Balaban J connectivity index is 4.16.